The Labute approximate surface area is 249 Å². The van der Waals surface area contributed by atoms with Crippen molar-refractivity contribution in [1.29, 1.82) is 0 Å². The van der Waals surface area contributed by atoms with Crippen molar-refractivity contribution in [3.05, 3.63) is 71.7 Å². The fourth-order valence-corrected chi connectivity index (χ4v) is 5.79. The largest absolute Gasteiger partial charge is 0.494 e. The van der Waals surface area contributed by atoms with Crippen molar-refractivity contribution in [2.45, 2.75) is 20.3 Å². The van der Waals surface area contributed by atoms with Crippen LogP contribution in [0.1, 0.15) is 29.8 Å². The second-order valence-corrected chi connectivity index (χ2v) is 11.4. The summed E-state index contributed by atoms with van der Waals surface area (Å²) >= 11 is 0. The molecule has 0 bridgehead atoms. The van der Waals surface area contributed by atoms with Gasteiger partial charge in [0.25, 0.3) is 5.91 Å². The van der Waals surface area contributed by atoms with Crippen LogP contribution in [0.5, 0.6) is 5.75 Å². The molecule has 1 saturated heterocycles. The number of aliphatic imine (C=N–C) groups is 1. The van der Waals surface area contributed by atoms with Gasteiger partial charge in [-0.1, -0.05) is 13.8 Å². The lowest BCUT2D eigenvalue weighted by Crippen LogP contribution is -2.47. The number of nitrogens with one attached hydrogen (secondary N) is 2. The van der Waals surface area contributed by atoms with E-state index >= 15 is 0 Å². The van der Waals surface area contributed by atoms with Crippen LogP contribution in [0.2, 0.25) is 0 Å². The smallest absolute Gasteiger partial charge is 0.277 e. The Bertz CT molecular complexity index is 1720. The molecule has 6 rings (SSSR count). The first-order valence-corrected chi connectivity index (χ1v) is 14.5. The number of aryl methyl sites for hydroxylation is 1. The summed E-state index contributed by atoms with van der Waals surface area (Å²) in [5.74, 6) is -0.697. The molecule has 2 N–H and O–H groups in total. The summed E-state index contributed by atoms with van der Waals surface area (Å²) in [6, 6.07) is 8.35. The Morgan fingerprint density at radius 3 is 2.72 bits per heavy atom. The fourth-order valence-electron chi connectivity index (χ4n) is 5.79. The van der Waals surface area contributed by atoms with Crippen molar-refractivity contribution >= 4 is 28.8 Å². The van der Waals surface area contributed by atoms with Crippen LogP contribution in [0.15, 0.2) is 53.9 Å². The number of ether oxygens (including phenoxy) is 1. The highest BCUT2D eigenvalue weighted by Gasteiger charge is 2.43. The molecule has 1 unspecified atom stereocenters. The second-order valence-electron chi connectivity index (χ2n) is 11.4. The maximum Gasteiger partial charge on any atom is 0.277 e. The maximum atomic E-state index is 14.8. The molecular formula is C32H35F2N7O2. The van der Waals surface area contributed by atoms with Crippen molar-refractivity contribution in [2.75, 3.05) is 45.7 Å². The SMILES string of the molecule is CCc1cc(Nc2nccn3c(-c4ccc(OC)c(F)c4F)cnc23)ccc1C(=O)N=C1C(CN(C)CC2CNC2)[C@@H]1C. The average Bonchev–Trinajstić information content (AvgIpc) is 3.35. The number of aromatic nitrogens is 3. The number of methoxy groups -OCH3 is 1. The van der Waals surface area contributed by atoms with Gasteiger partial charge in [-0.3, -0.25) is 9.20 Å². The Kier molecular flexibility index (Phi) is 7.93. The molecule has 11 heteroatoms. The highest BCUT2D eigenvalue weighted by atomic mass is 19.2. The van der Waals surface area contributed by atoms with Gasteiger partial charge in [-0.2, -0.15) is 4.39 Å². The van der Waals surface area contributed by atoms with Gasteiger partial charge in [0.2, 0.25) is 5.82 Å². The molecular weight excluding hydrogens is 552 g/mol. The van der Waals surface area contributed by atoms with E-state index in [-0.39, 0.29) is 17.2 Å². The third kappa shape index (κ3) is 5.62. The lowest BCUT2D eigenvalue weighted by molar-refractivity contribution is 0.100. The Hall–Kier alpha value is -4.22. The Morgan fingerprint density at radius 2 is 2.00 bits per heavy atom. The van der Waals surface area contributed by atoms with E-state index in [2.05, 4.69) is 44.5 Å². The number of amides is 1. The third-order valence-corrected chi connectivity index (χ3v) is 8.47. The summed E-state index contributed by atoms with van der Waals surface area (Å²) in [4.78, 5) is 29.0. The Balaban J connectivity index is 1.19. The van der Waals surface area contributed by atoms with Crippen molar-refractivity contribution < 1.29 is 18.3 Å². The molecule has 4 aromatic rings. The van der Waals surface area contributed by atoms with Crippen LogP contribution < -0.4 is 15.4 Å². The summed E-state index contributed by atoms with van der Waals surface area (Å²) in [6.07, 6.45) is 5.31. The maximum absolute atomic E-state index is 14.8. The minimum Gasteiger partial charge on any atom is -0.494 e. The standard InChI is InChI=1S/C32H35F2N7O2/c1-5-20-12-21(6-7-22(20)32(42)39-29-18(2)24(29)17-40(3)16-19-13-35-14-19)38-30-31-37-15-25(41(31)11-10-36-30)23-8-9-26(43-4)28(34)27(23)33/h6-12,15,18-19,24,35H,5,13-14,16-17H2,1-4H3,(H,36,38)/t18-,24?/m0/s1. The monoisotopic (exact) mass is 587 g/mol. The summed E-state index contributed by atoms with van der Waals surface area (Å²) in [6.45, 7) is 8.27. The molecule has 2 aromatic heterocycles. The topological polar surface area (TPSA) is 96.2 Å². The highest BCUT2D eigenvalue weighted by molar-refractivity contribution is 6.13. The summed E-state index contributed by atoms with van der Waals surface area (Å²) in [5.41, 5.74) is 4.00. The van der Waals surface area contributed by atoms with Gasteiger partial charge in [-0.25, -0.2) is 19.4 Å². The second kappa shape index (κ2) is 11.8. The van der Waals surface area contributed by atoms with E-state index < -0.39 is 11.6 Å². The van der Waals surface area contributed by atoms with E-state index in [0.717, 1.165) is 43.1 Å². The van der Waals surface area contributed by atoms with Crippen LogP contribution in [0.3, 0.4) is 0 Å². The summed E-state index contributed by atoms with van der Waals surface area (Å²) in [7, 11) is 3.43. The van der Waals surface area contributed by atoms with Crippen LogP contribution in [0, 0.1) is 29.4 Å². The van der Waals surface area contributed by atoms with Gasteiger partial charge in [0, 0.05) is 72.9 Å². The number of nitrogens with zero attached hydrogens (tertiary/aromatic N) is 5. The van der Waals surface area contributed by atoms with Crippen molar-refractivity contribution in [3.63, 3.8) is 0 Å². The first kappa shape index (κ1) is 28.9. The minimum absolute atomic E-state index is 0.0511. The first-order chi connectivity index (χ1) is 20.8. The number of carbonyl (C=O) groups is 1. The number of imidazole rings is 1. The van der Waals surface area contributed by atoms with Crippen LogP contribution >= 0.6 is 0 Å². The van der Waals surface area contributed by atoms with E-state index in [4.69, 9.17) is 4.74 Å². The highest BCUT2D eigenvalue weighted by Crippen LogP contribution is 2.36. The number of rotatable bonds is 10. The number of anilines is 2. The zero-order valence-corrected chi connectivity index (χ0v) is 24.7. The molecule has 1 amide bonds. The van der Waals surface area contributed by atoms with E-state index in [0.29, 0.717) is 46.9 Å². The molecule has 1 aliphatic heterocycles. The molecule has 0 radical (unpaired) electrons. The number of hydrogen-bond acceptors (Lipinski definition) is 7. The van der Waals surface area contributed by atoms with Crippen molar-refractivity contribution in [1.82, 2.24) is 24.6 Å². The van der Waals surface area contributed by atoms with Crippen molar-refractivity contribution in [2.24, 2.45) is 22.7 Å². The quantitative estimate of drug-likeness (QED) is 0.270. The number of halogens is 2. The van der Waals surface area contributed by atoms with Gasteiger partial charge < -0.3 is 20.3 Å². The molecule has 2 aliphatic rings. The normalized spacial score (nSPS) is 19.2. The molecule has 2 atom stereocenters. The van der Waals surface area contributed by atoms with Crippen LogP contribution in [-0.4, -0.2) is 71.2 Å². The molecule has 0 spiro atoms. The van der Waals surface area contributed by atoms with E-state index in [1.54, 1.807) is 22.9 Å². The lowest BCUT2D eigenvalue weighted by Gasteiger charge is -2.31. The molecule has 9 nitrogen and oxygen atoms in total. The Morgan fingerprint density at radius 1 is 1.19 bits per heavy atom. The molecule has 2 fully saturated rings. The third-order valence-electron chi connectivity index (χ3n) is 8.47. The van der Waals surface area contributed by atoms with Gasteiger partial charge in [0.1, 0.15) is 0 Å². The van der Waals surface area contributed by atoms with Crippen LogP contribution in [0.4, 0.5) is 20.3 Å². The molecule has 43 heavy (non-hydrogen) atoms. The average molecular weight is 588 g/mol. The molecule has 2 aromatic carbocycles. The lowest BCUT2D eigenvalue weighted by atomic mass is 10.0. The van der Waals surface area contributed by atoms with Crippen molar-refractivity contribution in [3.8, 4) is 17.0 Å². The van der Waals surface area contributed by atoms with E-state index in [1.807, 2.05) is 19.1 Å². The summed E-state index contributed by atoms with van der Waals surface area (Å²) in [5, 5.41) is 6.58. The van der Waals surface area contributed by atoms with Gasteiger partial charge in [0.05, 0.1) is 19.0 Å². The predicted octanol–water partition coefficient (Wildman–Crippen LogP) is 4.99. The first-order valence-electron chi connectivity index (χ1n) is 14.5. The summed E-state index contributed by atoms with van der Waals surface area (Å²) < 4.78 is 35.8. The zero-order valence-electron chi connectivity index (χ0n) is 24.7. The fraction of sp³-hybridized carbons (Fsp3) is 0.375. The number of hydrogen-bond donors (Lipinski definition) is 2. The minimum atomic E-state index is -1.06. The molecule has 3 heterocycles. The van der Waals surface area contributed by atoms with Gasteiger partial charge in [-0.05, 0) is 55.3 Å². The predicted molar refractivity (Wildman–Crippen MR) is 162 cm³/mol. The van der Waals surface area contributed by atoms with Gasteiger partial charge in [-0.15, -0.1) is 0 Å². The van der Waals surface area contributed by atoms with Crippen LogP contribution in [0.25, 0.3) is 16.9 Å². The number of carbonyl (C=O) groups excluding carboxylic acids is 1. The molecule has 1 aliphatic carbocycles. The molecule has 1 saturated carbocycles. The number of benzene rings is 2. The van der Waals surface area contributed by atoms with Gasteiger partial charge in [0.15, 0.2) is 23.0 Å². The zero-order chi connectivity index (χ0) is 30.2. The van der Waals surface area contributed by atoms with E-state index in [9.17, 15) is 13.6 Å². The van der Waals surface area contributed by atoms with E-state index in [1.165, 1.54) is 25.4 Å². The van der Waals surface area contributed by atoms with Crippen LogP contribution in [-0.2, 0) is 6.42 Å². The molecule has 224 valence electrons. The van der Waals surface area contributed by atoms with Gasteiger partial charge >= 0.3 is 0 Å². The number of fused-ring (bicyclic) bond motifs is 1.